The maximum atomic E-state index is 11.2. The van der Waals surface area contributed by atoms with Crippen molar-refractivity contribution in [3.63, 3.8) is 0 Å². The number of piperazine rings is 1. The van der Waals surface area contributed by atoms with Gasteiger partial charge in [-0.1, -0.05) is 17.7 Å². The largest absolute Gasteiger partial charge is 0.358 e. The van der Waals surface area contributed by atoms with Gasteiger partial charge in [0.05, 0.1) is 24.2 Å². The number of rotatable bonds is 3. The van der Waals surface area contributed by atoms with E-state index in [2.05, 4.69) is 9.88 Å². The number of halogens is 1. The van der Waals surface area contributed by atoms with Gasteiger partial charge >= 0.3 is 0 Å². The number of nitrogens with one attached hydrogen (secondary N) is 1. The van der Waals surface area contributed by atoms with Crippen LogP contribution in [-0.2, 0) is 0 Å². The third-order valence-electron chi connectivity index (χ3n) is 3.79. The summed E-state index contributed by atoms with van der Waals surface area (Å²) in [5, 5.41) is 11.6. The zero-order valence-corrected chi connectivity index (χ0v) is 12.7. The zero-order chi connectivity index (χ0) is 15.5. The van der Waals surface area contributed by atoms with Crippen molar-refractivity contribution in [2.75, 3.05) is 36.0 Å². The van der Waals surface area contributed by atoms with Gasteiger partial charge in [0, 0.05) is 17.2 Å². The highest BCUT2D eigenvalue weighted by Gasteiger charge is 2.27. The number of aromatic nitrogens is 1. The summed E-state index contributed by atoms with van der Waals surface area (Å²) in [7, 11) is 0. The normalized spacial score (nSPS) is 15.0. The van der Waals surface area contributed by atoms with E-state index in [1.165, 1.54) is 6.07 Å². The molecule has 0 amide bonds. The first-order chi connectivity index (χ1) is 10.6. The van der Waals surface area contributed by atoms with Crippen LogP contribution in [-0.4, -0.2) is 31.1 Å². The Labute approximate surface area is 133 Å². The van der Waals surface area contributed by atoms with Crippen molar-refractivity contribution >= 4 is 28.8 Å². The quantitative estimate of drug-likeness (QED) is 0.643. The lowest BCUT2D eigenvalue weighted by molar-refractivity contribution is -0.384. The Morgan fingerprint density at radius 2 is 1.82 bits per heavy atom. The molecule has 0 spiro atoms. The molecule has 1 aromatic carbocycles. The molecule has 1 aliphatic heterocycles. The number of nitrogens with zero attached hydrogens (tertiary/aromatic N) is 3. The number of H-pyrrole nitrogens is 1. The predicted octanol–water partition coefficient (Wildman–Crippen LogP) is 2.39. The molecule has 0 saturated carbocycles. The molecule has 0 atom stereocenters. The standard InChI is InChI=1S/C15H15ClN4O2/c16-12-4-5-13(14(11-12)20(21)22)18-7-9-19(10-8-18)15-3-1-2-6-17-15/h1-6,11H,7-10H2/p+1. The summed E-state index contributed by atoms with van der Waals surface area (Å²) >= 11 is 5.87. The maximum Gasteiger partial charge on any atom is 0.294 e. The van der Waals surface area contributed by atoms with E-state index >= 15 is 0 Å². The molecule has 7 heteroatoms. The maximum absolute atomic E-state index is 11.2. The Morgan fingerprint density at radius 3 is 2.45 bits per heavy atom. The van der Waals surface area contributed by atoms with Crippen molar-refractivity contribution in [2.24, 2.45) is 0 Å². The summed E-state index contributed by atoms with van der Waals surface area (Å²) in [5.74, 6) is 1.06. The van der Waals surface area contributed by atoms with E-state index in [-0.39, 0.29) is 10.6 Å². The van der Waals surface area contributed by atoms with Gasteiger partial charge in [-0.15, -0.1) is 0 Å². The first-order valence-corrected chi connectivity index (χ1v) is 7.43. The zero-order valence-electron chi connectivity index (χ0n) is 11.9. The molecule has 1 N–H and O–H groups in total. The lowest BCUT2D eigenvalue weighted by atomic mass is 10.2. The number of nitro benzene ring substituents is 1. The van der Waals surface area contributed by atoms with Gasteiger partial charge in [-0.05, 0) is 18.2 Å². The Balaban J connectivity index is 1.76. The van der Waals surface area contributed by atoms with Gasteiger partial charge in [-0.3, -0.25) is 15.0 Å². The second kappa shape index (κ2) is 6.19. The molecule has 1 fully saturated rings. The van der Waals surface area contributed by atoms with Crippen LogP contribution in [0, 0.1) is 10.1 Å². The fraction of sp³-hybridized carbons (Fsp3) is 0.267. The van der Waals surface area contributed by atoms with Gasteiger partial charge in [-0.2, -0.15) is 0 Å². The number of hydrogen-bond acceptors (Lipinski definition) is 4. The molecular weight excluding hydrogens is 304 g/mol. The summed E-state index contributed by atoms with van der Waals surface area (Å²) < 4.78 is 0. The van der Waals surface area contributed by atoms with Crippen LogP contribution in [0.3, 0.4) is 0 Å². The van der Waals surface area contributed by atoms with E-state index in [1.54, 1.807) is 12.1 Å². The Morgan fingerprint density at radius 1 is 1.09 bits per heavy atom. The van der Waals surface area contributed by atoms with E-state index < -0.39 is 0 Å². The summed E-state index contributed by atoms with van der Waals surface area (Å²) in [4.78, 5) is 18.3. The lowest BCUT2D eigenvalue weighted by Gasteiger charge is -2.32. The minimum Gasteiger partial charge on any atom is -0.358 e. The van der Waals surface area contributed by atoms with Gasteiger partial charge in [0.25, 0.3) is 11.5 Å². The van der Waals surface area contributed by atoms with E-state index in [0.29, 0.717) is 10.7 Å². The number of hydrogen-bond donors (Lipinski definition) is 0. The minimum atomic E-state index is -0.376. The van der Waals surface area contributed by atoms with Gasteiger partial charge < -0.3 is 4.90 Å². The molecule has 3 rings (SSSR count). The molecule has 1 saturated heterocycles. The van der Waals surface area contributed by atoms with Crippen molar-refractivity contribution in [1.82, 2.24) is 0 Å². The van der Waals surface area contributed by atoms with Crippen LogP contribution in [0.5, 0.6) is 0 Å². The molecule has 1 aliphatic rings. The second-order valence-electron chi connectivity index (χ2n) is 5.11. The topological polar surface area (TPSA) is 63.8 Å². The SMILES string of the molecule is O=[N+]([O-])c1cc(Cl)ccc1N1CCN(c2cccc[nH+]2)CC1. The molecule has 0 unspecified atom stereocenters. The number of nitro groups is 1. The molecule has 2 aromatic rings. The fourth-order valence-corrected chi connectivity index (χ4v) is 2.85. The monoisotopic (exact) mass is 319 g/mol. The molecule has 114 valence electrons. The van der Waals surface area contributed by atoms with Gasteiger partial charge in [0.15, 0.2) is 0 Å². The third kappa shape index (κ3) is 2.96. The Hall–Kier alpha value is -2.34. The van der Waals surface area contributed by atoms with E-state index in [0.717, 1.165) is 32.0 Å². The molecular formula is C15H16ClN4O2+. The predicted molar refractivity (Wildman–Crippen MR) is 85.5 cm³/mol. The molecule has 2 heterocycles. The van der Waals surface area contributed by atoms with Crippen LogP contribution in [0.2, 0.25) is 5.02 Å². The average molecular weight is 320 g/mol. The first-order valence-electron chi connectivity index (χ1n) is 7.06. The van der Waals surface area contributed by atoms with E-state index in [9.17, 15) is 10.1 Å². The molecule has 0 aliphatic carbocycles. The van der Waals surface area contributed by atoms with Crippen LogP contribution in [0.15, 0.2) is 42.6 Å². The highest BCUT2D eigenvalue weighted by molar-refractivity contribution is 6.30. The van der Waals surface area contributed by atoms with Crippen molar-refractivity contribution < 1.29 is 9.91 Å². The summed E-state index contributed by atoms with van der Waals surface area (Å²) in [6, 6.07) is 10.8. The Bertz CT molecular complexity index is 672. The average Bonchev–Trinajstić information content (AvgIpc) is 2.56. The highest BCUT2D eigenvalue weighted by atomic mass is 35.5. The van der Waals surface area contributed by atoms with Crippen molar-refractivity contribution in [1.29, 1.82) is 0 Å². The van der Waals surface area contributed by atoms with Crippen LogP contribution >= 0.6 is 11.6 Å². The molecule has 1 aromatic heterocycles. The number of pyridine rings is 1. The van der Waals surface area contributed by atoms with Gasteiger partial charge in [0.2, 0.25) is 0 Å². The summed E-state index contributed by atoms with van der Waals surface area (Å²) in [6.07, 6.45) is 1.89. The van der Waals surface area contributed by atoms with Crippen LogP contribution in [0.1, 0.15) is 0 Å². The highest BCUT2D eigenvalue weighted by Crippen LogP contribution is 2.31. The molecule has 0 radical (unpaired) electrons. The lowest BCUT2D eigenvalue weighted by Crippen LogP contribution is -2.48. The van der Waals surface area contributed by atoms with Crippen LogP contribution < -0.4 is 14.8 Å². The first kappa shape index (κ1) is 14.6. The minimum absolute atomic E-state index is 0.0622. The molecule has 6 nitrogen and oxygen atoms in total. The summed E-state index contributed by atoms with van der Waals surface area (Å²) in [6.45, 7) is 3.07. The number of anilines is 2. The molecule has 22 heavy (non-hydrogen) atoms. The van der Waals surface area contributed by atoms with Crippen LogP contribution in [0.4, 0.5) is 17.2 Å². The van der Waals surface area contributed by atoms with Gasteiger partial charge in [0.1, 0.15) is 18.8 Å². The van der Waals surface area contributed by atoms with Gasteiger partial charge in [-0.25, -0.2) is 4.98 Å². The third-order valence-corrected chi connectivity index (χ3v) is 4.02. The number of aromatic amines is 1. The van der Waals surface area contributed by atoms with Crippen LogP contribution in [0.25, 0.3) is 0 Å². The Kier molecular flexibility index (Phi) is 4.11. The number of benzene rings is 1. The van der Waals surface area contributed by atoms with Crippen molar-refractivity contribution in [3.8, 4) is 0 Å². The van der Waals surface area contributed by atoms with E-state index in [1.807, 2.05) is 29.3 Å². The second-order valence-corrected chi connectivity index (χ2v) is 5.55. The van der Waals surface area contributed by atoms with E-state index in [4.69, 9.17) is 11.6 Å². The smallest absolute Gasteiger partial charge is 0.294 e. The van der Waals surface area contributed by atoms with Crippen molar-refractivity contribution in [2.45, 2.75) is 0 Å². The summed E-state index contributed by atoms with van der Waals surface area (Å²) in [5.41, 5.74) is 0.693. The van der Waals surface area contributed by atoms with Crippen molar-refractivity contribution in [3.05, 3.63) is 57.7 Å². The fourth-order valence-electron chi connectivity index (χ4n) is 2.68. The molecule has 0 bridgehead atoms.